The molecule has 1 unspecified atom stereocenters. The van der Waals surface area contributed by atoms with Crippen LogP contribution in [0.5, 0.6) is 5.88 Å². The molecule has 140 valence electrons. The van der Waals surface area contributed by atoms with Crippen LogP contribution in [-0.4, -0.2) is 39.8 Å². The number of ether oxygens (including phenoxy) is 1. The topological polar surface area (TPSA) is 88.6 Å². The van der Waals surface area contributed by atoms with Gasteiger partial charge in [-0.2, -0.15) is 0 Å². The van der Waals surface area contributed by atoms with E-state index >= 15 is 0 Å². The Morgan fingerprint density at radius 2 is 1.70 bits per heavy atom. The maximum absolute atomic E-state index is 12.6. The lowest BCUT2D eigenvalue weighted by atomic mass is 10.1. The number of nitrogens with one attached hydrogen (secondary N) is 1. The van der Waals surface area contributed by atoms with E-state index in [0.29, 0.717) is 22.6 Å². The fourth-order valence-electron chi connectivity index (χ4n) is 2.89. The number of carbonyl (C=O) groups excluding carboxylic acids is 3. The summed E-state index contributed by atoms with van der Waals surface area (Å²) < 4.78 is 5.63. The number of aromatic nitrogens is 1. The number of amides is 3. The van der Waals surface area contributed by atoms with Gasteiger partial charge >= 0.3 is 0 Å². The van der Waals surface area contributed by atoms with E-state index in [0.717, 1.165) is 4.90 Å². The number of hydrogen-bond donors (Lipinski definition) is 1. The summed E-state index contributed by atoms with van der Waals surface area (Å²) in [7, 11) is 0. The smallest absolute Gasteiger partial charge is 0.262 e. The molecule has 0 saturated heterocycles. The maximum Gasteiger partial charge on any atom is 0.262 e. The fraction of sp³-hybridized carbons (Fsp3) is 0.300. The van der Waals surface area contributed by atoms with Crippen LogP contribution in [0.25, 0.3) is 0 Å². The SMILES string of the molecule is CC(C)Oc1ncccc1CNC(=O)C(C)N1C(=O)c2ccccc2C1=O. The van der Waals surface area contributed by atoms with E-state index in [9.17, 15) is 14.4 Å². The van der Waals surface area contributed by atoms with Crippen molar-refractivity contribution in [1.29, 1.82) is 0 Å². The van der Waals surface area contributed by atoms with Gasteiger partial charge in [0.05, 0.1) is 17.2 Å². The number of pyridine rings is 1. The molecule has 1 atom stereocenters. The normalized spacial score (nSPS) is 14.3. The second-order valence-corrected chi connectivity index (χ2v) is 6.55. The Balaban J connectivity index is 1.69. The molecule has 0 saturated carbocycles. The summed E-state index contributed by atoms with van der Waals surface area (Å²) >= 11 is 0. The summed E-state index contributed by atoms with van der Waals surface area (Å²) in [5.41, 5.74) is 1.36. The second kappa shape index (κ2) is 7.57. The van der Waals surface area contributed by atoms with Crippen LogP contribution in [0.2, 0.25) is 0 Å². The van der Waals surface area contributed by atoms with Crippen LogP contribution in [0, 0.1) is 0 Å². The van der Waals surface area contributed by atoms with Crippen molar-refractivity contribution < 1.29 is 19.1 Å². The predicted octanol–water partition coefficient (Wildman–Crippen LogP) is 2.17. The highest BCUT2D eigenvalue weighted by atomic mass is 16.5. The van der Waals surface area contributed by atoms with E-state index in [1.165, 1.54) is 6.92 Å². The van der Waals surface area contributed by atoms with E-state index in [-0.39, 0.29) is 12.6 Å². The fourth-order valence-corrected chi connectivity index (χ4v) is 2.89. The molecule has 2 heterocycles. The number of nitrogens with zero attached hydrogens (tertiary/aromatic N) is 2. The Labute approximate surface area is 157 Å². The van der Waals surface area contributed by atoms with E-state index in [4.69, 9.17) is 4.74 Å². The van der Waals surface area contributed by atoms with Crippen LogP contribution < -0.4 is 10.1 Å². The lowest BCUT2D eigenvalue weighted by Gasteiger charge is -2.22. The van der Waals surface area contributed by atoms with Crippen molar-refractivity contribution in [3.05, 3.63) is 59.3 Å². The largest absolute Gasteiger partial charge is 0.475 e. The lowest BCUT2D eigenvalue weighted by Crippen LogP contribution is -2.47. The zero-order chi connectivity index (χ0) is 19.6. The first kappa shape index (κ1) is 18.6. The van der Waals surface area contributed by atoms with Crippen molar-refractivity contribution in [2.75, 3.05) is 0 Å². The van der Waals surface area contributed by atoms with E-state index in [2.05, 4.69) is 10.3 Å². The molecule has 0 radical (unpaired) electrons. The standard InChI is InChI=1S/C20H21N3O4/c1-12(2)27-18-14(7-6-10-21-18)11-22-17(24)13(3)23-19(25)15-8-4-5-9-16(15)20(23)26/h4-10,12-13H,11H2,1-3H3,(H,22,24). The van der Waals surface area contributed by atoms with E-state index < -0.39 is 23.8 Å². The summed E-state index contributed by atoms with van der Waals surface area (Å²) in [6.45, 7) is 5.50. The van der Waals surface area contributed by atoms with Gasteiger partial charge in [-0.1, -0.05) is 18.2 Å². The molecule has 1 aliphatic rings. The number of fused-ring (bicyclic) bond motifs is 1. The number of imide groups is 1. The summed E-state index contributed by atoms with van der Waals surface area (Å²) in [5, 5.41) is 2.75. The van der Waals surface area contributed by atoms with Crippen molar-refractivity contribution in [3.8, 4) is 5.88 Å². The highest BCUT2D eigenvalue weighted by Crippen LogP contribution is 2.24. The third kappa shape index (κ3) is 3.67. The van der Waals surface area contributed by atoms with Crippen molar-refractivity contribution >= 4 is 17.7 Å². The van der Waals surface area contributed by atoms with Crippen LogP contribution in [0.15, 0.2) is 42.6 Å². The lowest BCUT2D eigenvalue weighted by molar-refractivity contribution is -0.124. The first-order chi connectivity index (χ1) is 12.9. The van der Waals surface area contributed by atoms with Crippen LogP contribution in [-0.2, 0) is 11.3 Å². The number of rotatable bonds is 6. The minimum Gasteiger partial charge on any atom is -0.475 e. The predicted molar refractivity (Wildman–Crippen MR) is 98.3 cm³/mol. The summed E-state index contributed by atoms with van der Waals surface area (Å²) in [4.78, 5) is 42.7. The minimum atomic E-state index is -0.927. The van der Waals surface area contributed by atoms with Gasteiger partial charge in [0, 0.05) is 18.3 Å². The van der Waals surface area contributed by atoms with Gasteiger partial charge in [0.15, 0.2) is 0 Å². The summed E-state index contributed by atoms with van der Waals surface area (Å²) in [5.74, 6) is -0.892. The first-order valence-corrected chi connectivity index (χ1v) is 8.75. The highest BCUT2D eigenvalue weighted by Gasteiger charge is 2.40. The molecule has 7 heteroatoms. The van der Waals surface area contributed by atoms with Crippen LogP contribution >= 0.6 is 0 Å². The highest BCUT2D eigenvalue weighted by molar-refractivity contribution is 6.22. The molecule has 0 fully saturated rings. The molecule has 0 spiro atoms. The molecule has 1 aromatic heterocycles. The zero-order valence-corrected chi connectivity index (χ0v) is 15.4. The van der Waals surface area contributed by atoms with Crippen molar-refractivity contribution in [3.63, 3.8) is 0 Å². The Morgan fingerprint density at radius 1 is 1.07 bits per heavy atom. The average Bonchev–Trinajstić information content (AvgIpc) is 2.91. The molecule has 1 aliphatic heterocycles. The van der Waals surface area contributed by atoms with Crippen molar-refractivity contribution in [2.45, 2.75) is 39.5 Å². The number of carbonyl (C=O) groups is 3. The second-order valence-electron chi connectivity index (χ2n) is 6.55. The quantitative estimate of drug-likeness (QED) is 0.791. The Hall–Kier alpha value is -3.22. The summed E-state index contributed by atoms with van der Waals surface area (Å²) in [6, 6.07) is 9.19. The molecule has 1 aromatic carbocycles. The molecule has 2 aromatic rings. The van der Waals surface area contributed by atoms with Crippen molar-refractivity contribution in [2.24, 2.45) is 0 Å². The van der Waals surface area contributed by atoms with Crippen molar-refractivity contribution in [1.82, 2.24) is 15.2 Å². The molecular formula is C20H21N3O4. The van der Waals surface area contributed by atoms with Crippen LogP contribution in [0.1, 0.15) is 47.1 Å². The average molecular weight is 367 g/mol. The van der Waals surface area contributed by atoms with Gasteiger partial charge in [0.25, 0.3) is 11.8 Å². The van der Waals surface area contributed by atoms with Gasteiger partial charge in [-0.05, 0) is 39.0 Å². The Kier molecular flexibility index (Phi) is 5.21. The van der Waals surface area contributed by atoms with Gasteiger partial charge in [-0.15, -0.1) is 0 Å². The molecule has 27 heavy (non-hydrogen) atoms. The van der Waals surface area contributed by atoms with Gasteiger partial charge in [0.2, 0.25) is 11.8 Å². The maximum atomic E-state index is 12.6. The molecular weight excluding hydrogens is 346 g/mol. The molecule has 3 amide bonds. The first-order valence-electron chi connectivity index (χ1n) is 8.75. The van der Waals surface area contributed by atoms with Gasteiger partial charge in [0.1, 0.15) is 6.04 Å². The zero-order valence-electron chi connectivity index (χ0n) is 15.4. The third-order valence-corrected chi connectivity index (χ3v) is 4.24. The number of benzene rings is 1. The third-order valence-electron chi connectivity index (χ3n) is 4.24. The summed E-state index contributed by atoms with van der Waals surface area (Å²) in [6.07, 6.45) is 1.57. The molecule has 0 bridgehead atoms. The van der Waals surface area contributed by atoms with Gasteiger partial charge in [-0.25, -0.2) is 4.98 Å². The monoisotopic (exact) mass is 367 g/mol. The van der Waals surface area contributed by atoms with Gasteiger partial charge < -0.3 is 10.1 Å². The minimum absolute atomic E-state index is 0.0494. The Bertz CT molecular complexity index is 859. The molecule has 7 nitrogen and oxygen atoms in total. The molecule has 1 N–H and O–H groups in total. The molecule has 0 aliphatic carbocycles. The van der Waals surface area contributed by atoms with Crippen LogP contribution in [0.4, 0.5) is 0 Å². The van der Waals surface area contributed by atoms with E-state index in [1.54, 1.807) is 42.6 Å². The molecule has 3 rings (SSSR count). The van der Waals surface area contributed by atoms with Gasteiger partial charge in [-0.3, -0.25) is 19.3 Å². The van der Waals surface area contributed by atoms with E-state index in [1.807, 2.05) is 13.8 Å². The Morgan fingerprint density at radius 3 is 2.30 bits per heavy atom. The van der Waals surface area contributed by atoms with Crippen LogP contribution in [0.3, 0.4) is 0 Å². The number of hydrogen-bond acceptors (Lipinski definition) is 5.